The van der Waals surface area contributed by atoms with Crippen LogP contribution in [-0.4, -0.2) is 49.2 Å². The molecule has 0 amide bonds. The van der Waals surface area contributed by atoms with Crippen molar-refractivity contribution in [3.63, 3.8) is 0 Å². The molecule has 0 saturated carbocycles. The molecule has 0 aliphatic rings. The number of ether oxygens (including phenoxy) is 3. The van der Waals surface area contributed by atoms with Crippen molar-refractivity contribution >= 4 is 37.8 Å². The van der Waals surface area contributed by atoms with E-state index in [-0.39, 0.29) is 4.90 Å². The average Bonchev–Trinajstić information content (AvgIpc) is 3.19. The molecule has 0 fully saturated rings. The van der Waals surface area contributed by atoms with Crippen molar-refractivity contribution in [2.75, 3.05) is 18.9 Å². The number of aromatic amines is 1. The SMILES string of the molecule is COc1nc(NS(=O)(=O)c2cnc3c2ccc2ccc[nH]c23)nc(OC)c1OC(F)F. The summed E-state index contributed by atoms with van der Waals surface area (Å²) in [6, 6.07) is 7.07. The first-order valence-electron chi connectivity index (χ1n) is 8.66. The summed E-state index contributed by atoms with van der Waals surface area (Å²) in [6.07, 6.45) is 2.91. The van der Waals surface area contributed by atoms with Gasteiger partial charge in [0, 0.05) is 23.2 Å². The summed E-state index contributed by atoms with van der Waals surface area (Å²) in [7, 11) is -1.91. The van der Waals surface area contributed by atoms with Crippen LogP contribution in [0.25, 0.3) is 21.8 Å². The molecule has 162 valence electrons. The van der Waals surface area contributed by atoms with Crippen molar-refractivity contribution in [1.82, 2.24) is 19.9 Å². The lowest BCUT2D eigenvalue weighted by Gasteiger charge is -2.14. The number of hydrogen-bond acceptors (Lipinski definition) is 8. The summed E-state index contributed by atoms with van der Waals surface area (Å²) < 4.78 is 67.6. The van der Waals surface area contributed by atoms with Crippen LogP contribution in [0.2, 0.25) is 0 Å². The second kappa shape index (κ2) is 7.83. The number of nitrogens with zero attached hydrogens (tertiary/aromatic N) is 3. The number of anilines is 1. The van der Waals surface area contributed by atoms with Crippen molar-refractivity contribution in [3.8, 4) is 17.5 Å². The summed E-state index contributed by atoms with van der Waals surface area (Å²) in [4.78, 5) is 14.7. The van der Waals surface area contributed by atoms with Crippen LogP contribution in [-0.2, 0) is 10.0 Å². The number of nitrogens with one attached hydrogen (secondary N) is 2. The zero-order valence-corrected chi connectivity index (χ0v) is 16.9. The normalized spacial score (nSPS) is 11.8. The van der Waals surface area contributed by atoms with Crippen LogP contribution >= 0.6 is 0 Å². The molecule has 3 heterocycles. The highest BCUT2D eigenvalue weighted by Gasteiger charge is 2.26. The number of H-pyrrole nitrogens is 1. The number of benzene rings is 1. The van der Waals surface area contributed by atoms with Crippen LogP contribution < -0.4 is 18.9 Å². The van der Waals surface area contributed by atoms with E-state index in [1.165, 1.54) is 6.20 Å². The Morgan fingerprint density at radius 3 is 2.45 bits per heavy atom. The maximum atomic E-state index is 13.0. The van der Waals surface area contributed by atoms with Gasteiger partial charge in [-0.3, -0.25) is 4.98 Å². The quantitative estimate of drug-likeness (QED) is 0.439. The van der Waals surface area contributed by atoms with Crippen LogP contribution in [0.5, 0.6) is 17.5 Å². The van der Waals surface area contributed by atoms with Crippen molar-refractivity contribution in [1.29, 1.82) is 0 Å². The minimum Gasteiger partial charge on any atom is -0.478 e. The number of fused-ring (bicyclic) bond motifs is 3. The lowest BCUT2D eigenvalue weighted by Crippen LogP contribution is -2.16. The number of alkyl halides is 2. The highest BCUT2D eigenvalue weighted by atomic mass is 32.2. The zero-order chi connectivity index (χ0) is 22.2. The molecule has 0 aliphatic carbocycles. The molecule has 4 rings (SSSR count). The van der Waals surface area contributed by atoms with E-state index in [9.17, 15) is 17.2 Å². The minimum absolute atomic E-state index is 0.115. The van der Waals surface area contributed by atoms with E-state index in [4.69, 9.17) is 9.47 Å². The number of aromatic nitrogens is 4. The number of hydrogen-bond donors (Lipinski definition) is 2. The number of pyridine rings is 1. The molecular formula is C18H15F2N5O5S. The summed E-state index contributed by atoms with van der Waals surface area (Å²) >= 11 is 0. The summed E-state index contributed by atoms with van der Waals surface area (Å²) in [5.74, 6) is -1.89. The number of methoxy groups -OCH3 is 2. The Morgan fingerprint density at radius 2 is 1.81 bits per heavy atom. The third-order valence-corrected chi connectivity index (χ3v) is 5.65. The molecule has 0 atom stereocenters. The van der Waals surface area contributed by atoms with Gasteiger partial charge in [0.15, 0.2) is 0 Å². The Bertz CT molecular complexity index is 1350. The Labute approximate surface area is 174 Å². The molecule has 4 aromatic rings. The van der Waals surface area contributed by atoms with Crippen LogP contribution in [0.1, 0.15) is 0 Å². The highest BCUT2D eigenvalue weighted by molar-refractivity contribution is 7.93. The van der Waals surface area contributed by atoms with Gasteiger partial charge >= 0.3 is 6.61 Å². The zero-order valence-electron chi connectivity index (χ0n) is 16.1. The molecule has 3 aromatic heterocycles. The third kappa shape index (κ3) is 3.74. The fraction of sp³-hybridized carbons (Fsp3) is 0.167. The monoisotopic (exact) mass is 451 g/mol. The average molecular weight is 451 g/mol. The second-order valence-corrected chi connectivity index (χ2v) is 7.75. The second-order valence-electron chi connectivity index (χ2n) is 6.10. The molecule has 2 N–H and O–H groups in total. The lowest BCUT2D eigenvalue weighted by atomic mass is 10.1. The van der Waals surface area contributed by atoms with Gasteiger partial charge in [-0.1, -0.05) is 18.2 Å². The summed E-state index contributed by atoms with van der Waals surface area (Å²) in [5, 5.41) is 1.23. The van der Waals surface area contributed by atoms with Gasteiger partial charge in [-0.15, -0.1) is 0 Å². The molecule has 31 heavy (non-hydrogen) atoms. The fourth-order valence-electron chi connectivity index (χ4n) is 3.02. The van der Waals surface area contributed by atoms with E-state index in [1.807, 2.05) is 12.1 Å². The molecule has 0 aliphatic heterocycles. The molecule has 0 bridgehead atoms. The van der Waals surface area contributed by atoms with Crippen LogP contribution in [0, 0.1) is 0 Å². The lowest BCUT2D eigenvalue weighted by molar-refractivity contribution is -0.0533. The van der Waals surface area contributed by atoms with Crippen molar-refractivity contribution in [2.24, 2.45) is 0 Å². The standard InChI is InChI=1S/C18H15F2N5O5S/c1-28-15-14(30-17(19)20)16(29-2)24-18(23-15)25-31(26,27)11-8-22-13-10(11)6-5-9-4-3-7-21-12(9)13/h3-8,17,21H,1-2H3,(H,23,24,25). The van der Waals surface area contributed by atoms with Gasteiger partial charge in [0.1, 0.15) is 4.90 Å². The van der Waals surface area contributed by atoms with Gasteiger partial charge < -0.3 is 19.2 Å². The molecule has 0 radical (unpaired) electrons. The Morgan fingerprint density at radius 1 is 1.10 bits per heavy atom. The van der Waals surface area contributed by atoms with Crippen LogP contribution in [0.15, 0.2) is 41.6 Å². The molecule has 0 saturated heterocycles. The predicted octanol–water partition coefficient (Wildman–Crippen LogP) is 2.93. The third-order valence-electron chi connectivity index (χ3n) is 4.30. The van der Waals surface area contributed by atoms with Gasteiger partial charge in [0.05, 0.1) is 25.3 Å². The van der Waals surface area contributed by atoms with Crippen LogP contribution in [0.4, 0.5) is 14.7 Å². The van der Waals surface area contributed by atoms with Crippen molar-refractivity contribution < 1.29 is 31.4 Å². The first kappa shape index (κ1) is 20.5. The van der Waals surface area contributed by atoms with Gasteiger partial charge in [0.2, 0.25) is 11.7 Å². The summed E-state index contributed by atoms with van der Waals surface area (Å²) in [5.41, 5.74) is 1.14. The Balaban J connectivity index is 1.76. The van der Waals surface area contributed by atoms with Crippen molar-refractivity contribution in [3.05, 3.63) is 36.7 Å². The first-order chi connectivity index (χ1) is 14.8. The fourth-order valence-corrected chi connectivity index (χ4v) is 4.11. The van der Waals surface area contributed by atoms with E-state index < -0.39 is 40.1 Å². The van der Waals surface area contributed by atoms with Gasteiger partial charge in [-0.25, -0.2) is 13.1 Å². The maximum absolute atomic E-state index is 13.0. The number of rotatable bonds is 7. The maximum Gasteiger partial charge on any atom is 0.387 e. The molecule has 0 spiro atoms. The molecular weight excluding hydrogens is 436 g/mol. The topological polar surface area (TPSA) is 128 Å². The largest absolute Gasteiger partial charge is 0.478 e. The first-order valence-corrected chi connectivity index (χ1v) is 10.1. The number of halogens is 2. The van der Waals surface area contributed by atoms with Gasteiger partial charge in [0.25, 0.3) is 21.8 Å². The van der Waals surface area contributed by atoms with Crippen LogP contribution in [0.3, 0.4) is 0 Å². The molecule has 1 aromatic carbocycles. The Kier molecular flexibility index (Phi) is 5.19. The highest BCUT2D eigenvalue weighted by Crippen LogP contribution is 2.37. The number of sulfonamides is 1. The molecule has 10 nitrogen and oxygen atoms in total. The predicted molar refractivity (Wildman–Crippen MR) is 106 cm³/mol. The van der Waals surface area contributed by atoms with E-state index >= 15 is 0 Å². The van der Waals surface area contributed by atoms with E-state index in [1.54, 1.807) is 18.3 Å². The molecule has 0 unspecified atom stereocenters. The summed E-state index contributed by atoms with van der Waals surface area (Å²) in [6.45, 7) is -3.19. The van der Waals surface area contributed by atoms with E-state index in [0.29, 0.717) is 16.4 Å². The smallest absolute Gasteiger partial charge is 0.387 e. The van der Waals surface area contributed by atoms with Gasteiger partial charge in [-0.2, -0.15) is 18.7 Å². The van der Waals surface area contributed by atoms with Gasteiger partial charge in [-0.05, 0) is 6.07 Å². The molecule has 13 heteroatoms. The van der Waals surface area contributed by atoms with E-state index in [2.05, 4.69) is 29.4 Å². The van der Waals surface area contributed by atoms with E-state index in [0.717, 1.165) is 19.6 Å². The minimum atomic E-state index is -4.20. The van der Waals surface area contributed by atoms with Crippen molar-refractivity contribution in [2.45, 2.75) is 11.5 Å². The Hall–Kier alpha value is -3.74.